The van der Waals surface area contributed by atoms with Crippen molar-refractivity contribution in [3.8, 4) is 0 Å². The Hall–Kier alpha value is -2.01. The number of hydrazone groups is 1. The summed E-state index contributed by atoms with van der Waals surface area (Å²) in [6.07, 6.45) is 5.88. The molecule has 0 aliphatic carbocycles. The van der Waals surface area contributed by atoms with Gasteiger partial charge in [-0.3, -0.25) is 0 Å². The van der Waals surface area contributed by atoms with Crippen molar-refractivity contribution in [1.82, 2.24) is 15.7 Å². The lowest BCUT2D eigenvalue weighted by Crippen LogP contribution is -2.26. The first-order chi connectivity index (χ1) is 9.88. The van der Waals surface area contributed by atoms with E-state index in [1.807, 2.05) is 0 Å². The average molecular weight is 271 g/mol. The summed E-state index contributed by atoms with van der Waals surface area (Å²) in [6.45, 7) is 2.92. The third-order valence-electron chi connectivity index (χ3n) is 4.01. The van der Waals surface area contributed by atoms with Gasteiger partial charge in [0.2, 0.25) is 0 Å². The molecule has 1 aromatic carbocycles. The fourth-order valence-corrected chi connectivity index (χ4v) is 2.96. The predicted octanol–water partition coefficient (Wildman–Crippen LogP) is 1.63. The molecule has 3 rings (SSSR count). The van der Waals surface area contributed by atoms with Gasteiger partial charge in [-0.15, -0.1) is 0 Å². The summed E-state index contributed by atoms with van der Waals surface area (Å²) < 4.78 is 0. The molecule has 2 aromatic rings. The highest BCUT2D eigenvalue weighted by molar-refractivity contribution is 5.84. The fourth-order valence-electron chi connectivity index (χ4n) is 2.96. The maximum atomic E-state index is 5.22. The van der Waals surface area contributed by atoms with Crippen LogP contribution in [0.4, 0.5) is 0 Å². The van der Waals surface area contributed by atoms with E-state index in [2.05, 4.69) is 45.2 Å². The fraction of sp³-hybridized carbons (Fsp3) is 0.400. The van der Waals surface area contributed by atoms with Crippen molar-refractivity contribution in [2.24, 2.45) is 10.8 Å². The van der Waals surface area contributed by atoms with E-state index in [0.717, 1.165) is 13.1 Å². The Morgan fingerprint density at radius 3 is 3.00 bits per heavy atom. The molecule has 5 N–H and O–H groups in total. The van der Waals surface area contributed by atoms with E-state index in [1.54, 1.807) is 0 Å². The van der Waals surface area contributed by atoms with Crippen LogP contribution < -0.4 is 16.5 Å². The molecule has 0 bridgehead atoms. The number of rotatable bonds is 4. The second-order valence-electron chi connectivity index (χ2n) is 5.26. The van der Waals surface area contributed by atoms with Crippen LogP contribution in [0.2, 0.25) is 0 Å². The van der Waals surface area contributed by atoms with Gasteiger partial charge in [-0.1, -0.05) is 6.07 Å². The molecule has 1 aromatic heterocycles. The van der Waals surface area contributed by atoms with Crippen LogP contribution in [0.25, 0.3) is 10.9 Å². The maximum absolute atomic E-state index is 5.22. The first-order valence-corrected chi connectivity index (χ1v) is 7.15. The van der Waals surface area contributed by atoms with Crippen molar-refractivity contribution in [2.75, 3.05) is 13.1 Å². The van der Waals surface area contributed by atoms with E-state index in [4.69, 9.17) is 5.73 Å². The van der Waals surface area contributed by atoms with Gasteiger partial charge in [0.15, 0.2) is 0 Å². The molecule has 0 unspecified atom stereocenters. The number of piperidine rings is 1. The Bertz CT molecular complexity index is 595. The zero-order chi connectivity index (χ0) is 13.8. The smallest absolute Gasteiger partial charge is 0.106 e. The summed E-state index contributed by atoms with van der Waals surface area (Å²) >= 11 is 0. The van der Waals surface area contributed by atoms with E-state index >= 15 is 0 Å². The van der Waals surface area contributed by atoms with Crippen LogP contribution in [0.3, 0.4) is 0 Å². The van der Waals surface area contributed by atoms with Crippen LogP contribution in [0.5, 0.6) is 0 Å². The Morgan fingerprint density at radius 2 is 2.20 bits per heavy atom. The minimum Gasteiger partial charge on any atom is -0.388 e. The number of fused-ring (bicyclic) bond motifs is 1. The minimum absolute atomic E-state index is 0.662. The minimum atomic E-state index is 0.662. The van der Waals surface area contributed by atoms with Gasteiger partial charge in [-0.2, -0.15) is 5.10 Å². The van der Waals surface area contributed by atoms with Crippen LogP contribution in [-0.4, -0.2) is 24.4 Å². The zero-order valence-corrected chi connectivity index (χ0v) is 11.5. The average Bonchev–Trinajstić information content (AvgIpc) is 2.91. The largest absolute Gasteiger partial charge is 0.388 e. The van der Waals surface area contributed by atoms with Crippen molar-refractivity contribution in [3.05, 3.63) is 35.5 Å². The van der Waals surface area contributed by atoms with Gasteiger partial charge in [0.05, 0.1) is 6.54 Å². The Balaban J connectivity index is 1.86. The molecule has 106 valence electrons. The molecule has 1 aliphatic heterocycles. The molecule has 0 spiro atoms. The molecule has 20 heavy (non-hydrogen) atoms. The monoisotopic (exact) mass is 271 g/mol. The lowest BCUT2D eigenvalue weighted by Gasteiger charge is -2.22. The van der Waals surface area contributed by atoms with Crippen molar-refractivity contribution >= 4 is 17.2 Å². The molecule has 0 saturated carbocycles. The Kier molecular flexibility index (Phi) is 3.87. The molecule has 1 aliphatic rings. The molecule has 5 nitrogen and oxygen atoms in total. The van der Waals surface area contributed by atoms with Gasteiger partial charge in [0.25, 0.3) is 0 Å². The van der Waals surface area contributed by atoms with Crippen LogP contribution in [0.15, 0.2) is 29.5 Å². The van der Waals surface area contributed by atoms with Gasteiger partial charge < -0.3 is 21.5 Å². The molecule has 2 heterocycles. The Labute approximate surface area is 118 Å². The van der Waals surface area contributed by atoms with Gasteiger partial charge in [0, 0.05) is 17.1 Å². The highest BCUT2D eigenvalue weighted by Crippen LogP contribution is 2.31. The van der Waals surface area contributed by atoms with Crippen LogP contribution in [-0.2, 0) is 6.54 Å². The number of nitrogens with zero attached hydrogens (tertiary/aromatic N) is 1. The normalized spacial score (nSPS) is 17.0. The van der Waals surface area contributed by atoms with Crippen molar-refractivity contribution < 1.29 is 0 Å². The van der Waals surface area contributed by atoms with Gasteiger partial charge >= 0.3 is 0 Å². The maximum Gasteiger partial charge on any atom is 0.106 e. The summed E-state index contributed by atoms with van der Waals surface area (Å²) in [5.41, 5.74) is 12.0. The molecule has 1 fully saturated rings. The Morgan fingerprint density at radius 1 is 1.35 bits per heavy atom. The number of H-pyrrole nitrogens is 1. The third kappa shape index (κ3) is 2.63. The topological polar surface area (TPSA) is 78.2 Å². The lowest BCUT2D eigenvalue weighted by atomic mass is 9.90. The SMILES string of the molecule is N/C=N/NCc1ccc2[nH]cc(C3CCNCC3)c2c1. The predicted molar refractivity (Wildman–Crippen MR) is 82.7 cm³/mol. The van der Waals surface area contributed by atoms with Gasteiger partial charge in [0.1, 0.15) is 6.34 Å². The lowest BCUT2D eigenvalue weighted by molar-refractivity contribution is 0.462. The highest BCUT2D eigenvalue weighted by Gasteiger charge is 2.18. The quantitative estimate of drug-likeness (QED) is 0.388. The van der Waals surface area contributed by atoms with Crippen LogP contribution in [0, 0.1) is 0 Å². The highest BCUT2D eigenvalue weighted by atomic mass is 15.3. The summed E-state index contributed by atoms with van der Waals surface area (Å²) in [6, 6.07) is 6.51. The number of hydrogen-bond donors (Lipinski definition) is 4. The number of benzene rings is 1. The molecular formula is C15H21N5. The van der Waals surface area contributed by atoms with Crippen LogP contribution >= 0.6 is 0 Å². The first kappa shape index (κ1) is 13.0. The molecule has 0 amide bonds. The summed E-state index contributed by atoms with van der Waals surface area (Å²) in [7, 11) is 0. The van der Waals surface area contributed by atoms with Crippen molar-refractivity contribution in [1.29, 1.82) is 0 Å². The molecule has 0 atom stereocenters. The van der Waals surface area contributed by atoms with E-state index in [0.29, 0.717) is 12.5 Å². The van der Waals surface area contributed by atoms with E-state index in [9.17, 15) is 0 Å². The van der Waals surface area contributed by atoms with Crippen molar-refractivity contribution in [3.63, 3.8) is 0 Å². The van der Waals surface area contributed by atoms with Crippen LogP contribution in [0.1, 0.15) is 29.9 Å². The van der Waals surface area contributed by atoms with Gasteiger partial charge in [-0.25, -0.2) is 0 Å². The zero-order valence-electron chi connectivity index (χ0n) is 11.5. The summed E-state index contributed by atoms with van der Waals surface area (Å²) in [5, 5.41) is 8.60. The summed E-state index contributed by atoms with van der Waals surface area (Å²) in [4.78, 5) is 3.39. The standard InChI is InChI=1S/C15H21N5/c16-10-20-19-8-11-1-2-15-13(7-11)14(9-18-15)12-3-5-17-6-4-12/h1-2,7,9-10,12,17-19H,3-6,8H2,(H2,16,20). The number of nitrogens with one attached hydrogen (secondary N) is 3. The number of aromatic nitrogens is 1. The second kappa shape index (κ2) is 5.96. The number of nitrogens with two attached hydrogens (primary N) is 1. The molecule has 1 saturated heterocycles. The third-order valence-corrected chi connectivity index (χ3v) is 4.01. The number of hydrogen-bond acceptors (Lipinski definition) is 3. The molecule has 0 radical (unpaired) electrons. The number of aromatic amines is 1. The first-order valence-electron chi connectivity index (χ1n) is 7.15. The van der Waals surface area contributed by atoms with E-state index in [1.165, 1.54) is 41.2 Å². The molecular weight excluding hydrogens is 250 g/mol. The summed E-state index contributed by atoms with van der Waals surface area (Å²) in [5.74, 6) is 0.662. The van der Waals surface area contributed by atoms with Crippen molar-refractivity contribution in [2.45, 2.75) is 25.3 Å². The van der Waals surface area contributed by atoms with E-state index in [-0.39, 0.29) is 0 Å². The van der Waals surface area contributed by atoms with E-state index < -0.39 is 0 Å². The second-order valence-corrected chi connectivity index (χ2v) is 5.26. The molecule has 5 heteroatoms. The van der Waals surface area contributed by atoms with Gasteiger partial charge in [-0.05, 0) is 55.1 Å².